The molecule has 0 radical (unpaired) electrons. The van der Waals surface area contributed by atoms with Gasteiger partial charge in [-0.3, -0.25) is 19.2 Å². The van der Waals surface area contributed by atoms with Gasteiger partial charge in [-0.05, 0) is 37.2 Å². The number of aromatic nitrogens is 2. The van der Waals surface area contributed by atoms with Crippen LogP contribution in [-0.4, -0.2) is 80.8 Å². The van der Waals surface area contributed by atoms with Gasteiger partial charge in [0.05, 0.1) is 12.4 Å². The Bertz CT molecular complexity index is 880. The van der Waals surface area contributed by atoms with Crippen molar-refractivity contribution in [3.05, 3.63) is 18.2 Å². The quantitative estimate of drug-likeness (QED) is 0.130. The molecule has 9 N–H and O–H groups in total. The highest BCUT2D eigenvalue weighted by Gasteiger charge is 2.30. The number of aliphatic carboxylic acids is 1. The van der Waals surface area contributed by atoms with Gasteiger partial charge < -0.3 is 37.5 Å². The van der Waals surface area contributed by atoms with Gasteiger partial charge in [0.15, 0.2) is 0 Å². The second-order valence-electron chi connectivity index (χ2n) is 8.83. The minimum absolute atomic E-state index is 0.0324. The number of nitrogens with two attached hydrogens (primary N) is 2. The minimum Gasteiger partial charge on any atom is -0.480 e. The first kappa shape index (κ1) is 30.9. The molecule has 4 atom stereocenters. The van der Waals surface area contributed by atoms with Gasteiger partial charge in [-0.1, -0.05) is 13.8 Å². The molecule has 202 valence electrons. The highest BCUT2D eigenvalue weighted by Crippen LogP contribution is 2.08. The van der Waals surface area contributed by atoms with E-state index in [1.807, 2.05) is 20.1 Å². The molecule has 1 rings (SSSR count). The Kier molecular flexibility index (Phi) is 13.5. The van der Waals surface area contributed by atoms with Crippen LogP contribution in [0.5, 0.6) is 0 Å². The number of amides is 4. The molecule has 36 heavy (non-hydrogen) atoms. The van der Waals surface area contributed by atoms with E-state index in [0.29, 0.717) is 17.9 Å². The molecule has 0 aliphatic rings. The highest BCUT2D eigenvalue weighted by atomic mass is 32.2. The van der Waals surface area contributed by atoms with Crippen molar-refractivity contribution in [1.82, 2.24) is 25.9 Å². The molecule has 14 heteroatoms. The lowest BCUT2D eigenvalue weighted by atomic mass is 10.0. The number of primary amides is 1. The van der Waals surface area contributed by atoms with E-state index < -0.39 is 53.8 Å². The van der Waals surface area contributed by atoms with E-state index in [1.54, 1.807) is 0 Å². The second-order valence-corrected chi connectivity index (χ2v) is 9.81. The van der Waals surface area contributed by atoms with Crippen molar-refractivity contribution in [2.24, 2.45) is 17.4 Å². The Morgan fingerprint density at radius 1 is 1.03 bits per heavy atom. The first-order valence-corrected chi connectivity index (χ1v) is 13.0. The molecule has 0 saturated carbocycles. The van der Waals surface area contributed by atoms with Crippen molar-refractivity contribution >= 4 is 41.4 Å². The molecule has 1 heterocycles. The van der Waals surface area contributed by atoms with Gasteiger partial charge in [-0.25, -0.2) is 9.78 Å². The lowest BCUT2D eigenvalue weighted by Gasteiger charge is -2.25. The fraction of sp³-hybridized carbons (Fsp3) is 0.636. The Labute approximate surface area is 214 Å². The van der Waals surface area contributed by atoms with E-state index in [9.17, 15) is 29.1 Å². The van der Waals surface area contributed by atoms with Crippen LogP contribution in [0.4, 0.5) is 0 Å². The maximum Gasteiger partial charge on any atom is 0.326 e. The number of imidazole rings is 1. The van der Waals surface area contributed by atoms with E-state index in [2.05, 4.69) is 25.9 Å². The summed E-state index contributed by atoms with van der Waals surface area (Å²) in [6.07, 6.45) is 4.97. The molecule has 0 saturated heterocycles. The number of aromatic amines is 1. The third-order valence-electron chi connectivity index (χ3n) is 5.21. The summed E-state index contributed by atoms with van der Waals surface area (Å²) in [7, 11) is 0. The van der Waals surface area contributed by atoms with E-state index in [-0.39, 0.29) is 31.6 Å². The molecule has 0 aliphatic carbocycles. The summed E-state index contributed by atoms with van der Waals surface area (Å²) in [6, 6.07) is -4.35. The molecular weight excluding hydrogens is 490 g/mol. The van der Waals surface area contributed by atoms with Gasteiger partial charge in [-0.2, -0.15) is 11.8 Å². The van der Waals surface area contributed by atoms with Crippen LogP contribution in [0.25, 0.3) is 0 Å². The van der Waals surface area contributed by atoms with Crippen molar-refractivity contribution in [1.29, 1.82) is 0 Å². The highest BCUT2D eigenvalue weighted by molar-refractivity contribution is 7.98. The number of carbonyl (C=O) groups excluding carboxylic acids is 4. The number of thioether (sulfide) groups is 1. The van der Waals surface area contributed by atoms with E-state index >= 15 is 0 Å². The first-order chi connectivity index (χ1) is 16.9. The zero-order valence-electron chi connectivity index (χ0n) is 20.8. The van der Waals surface area contributed by atoms with Crippen molar-refractivity contribution in [3.8, 4) is 0 Å². The molecule has 0 fully saturated rings. The number of carbonyl (C=O) groups is 5. The molecule has 4 amide bonds. The number of nitrogens with zero attached hydrogens (tertiary/aromatic N) is 1. The zero-order chi connectivity index (χ0) is 27.3. The normalized spacial score (nSPS) is 14.4. The Morgan fingerprint density at radius 3 is 2.11 bits per heavy atom. The number of rotatable bonds is 17. The molecule has 0 spiro atoms. The van der Waals surface area contributed by atoms with Crippen molar-refractivity contribution < 1.29 is 29.1 Å². The van der Waals surface area contributed by atoms with Crippen LogP contribution in [0.15, 0.2) is 12.5 Å². The van der Waals surface area contributed by atoms with Crippen LogP contribution in [0.1, 0.15) is 45.2 Å². The SMILES string of the molecule is CSCCC(NC(=O)C(CCC(N)=O)NC(=O)C(N)CC(C)C)C(=O)NC(Cc1cnc[nH]1)C(=O)O. The van der Waals surface area contributed by atoms with Crippen LogP contribution >= 0.6 is 11.8 Å². The fourth-order valence-corrected chi connectivity index (χ4v) is 3.79. The van der Waals surface area contributed by atoms with Gasteiger partial charge >= 0.3 is 5.97 Å². The van der Waals surface area contributed by atoms with Crippen LogP contribution in [0.2, 0.25) is 0 Å². The van der Waals surface area contributed by atoms with E-state index in [0.717, 1.165) is 0 Å². The summed E-state index contributed by atoms with van der Waals surface area (Å²) >= 11 is 1.44. The zero-order valence-corrected chi connectivity index (χ0v) is 21.6. The molecule has 1 aromatic heterocycles. The Hall–Kier alpha value is -3.13. The van der Waals surface area contributed by atoms with Crippen LogP contribution in [0, 0.1) is 5.92 Å². The van der Waals surface area contributed by atoms with Gasteiger partial charge in [0.1, 0.15) is 18.1 Å². The number of hydrogen-bond acceptors (Lipinski definition) is 8. The number of carboxylic acids is 1. The summed E-state index contributed by atoms with van der Waals surface area (Å²) < 4.78 is 0. The Balaban J connectivity index is 2.97. The average molecular weight is 528 g/mol. The van der Waals surface area contributed by atoms with Crippen LogP contribution in [0.3, 0.4) is 0 Å². The molecule has 0 aliphatic heterocycles. The van der Waals surface area contributed by atoms with Gasteiger partial charge in [-0.15, -0.1) is 0 Å². The maximum absolute atomic E-state index is 13.1. The smallest absolute Gasteiger partial charge is 0.326 e. The van der Waals surface area contributed by atoms with E-state index in [1.165, 1.54) is 24.3 Å². The number of H-pyrrole nitrogens is 1. The summed E-state index contributed by atoms with van der Waals surface area (Å²) in [4.78, 5) is 68.1. The minimum atomic E-state index is -1.26. The predicted octanol–water partition coefficient (Wildman–Crippen LogP) is -1.12. The Morgan fingerprint density at radius 2 is 1.61 bits per heavy atom. The summed E-state index contributed by atoms with van der Waals surface area (Å²) in [5.74, 6) is -3.24. The molecular formula is C22H37N7O6S. The average Bonchev–Trinajstić information content (AvgIpc) is 3.30. The van der Waals surface area contributed by atoms with Crippen LogP contribution in [-0.2, 0) is 30.4 Å². The molecule has 1 aromatic rings. The number of carboxylic acid groups (broad SMARTS) is 1. The first-order valence-electron chi connectivity index (χ1n) is 11.6. The summed E-state index contributed by atoms with van der Waals surface area (Å²) in [5.41, 5.74) is 11.6. The van der Waals surface area contributed by atoms with Crippen molar-refractivity contribution in [3.63, 3.8) is 0 Å². The van der Waals surface area contributed by atoms with Gasteiger partial charge in [0.2, 0.25) is 23.6 Å². The third kappa shape index (κ3) is 11.5. The molecule has 4 unspecified atom stereocenters. The number of nitrogens with one attached hydrogen (secondary N) is 4. The lowest BCUT2D eigenvalue weighted by Crippen LogP contribution is -2.57. The van der Waals surface area contributed by atoms with Crippen molar-refractivity contribution in [2.45, 2.75) is 70.1 Å². The summed E-state index contributed by atoms with van der Waals surface area (Å²) in [6.45, 7) is 3.80. The van der Waals surface area contributed by atoms with Crippen LogP contribution < -0.4 is 27.4 Å². The van der Waals surface area contributed by atoms with Gasteiger partial charge in [0, 0.05) is 24.7 Å². The lowest BCUT2D eigenvalue weighted by molar-refractivity contribution is -0.142. The molecule has 13 nitrogen and oxygen atoms in total. The molecule has 0 aromatic carbocycles. The molecule has 0 bridgehead atoms. The maximum atomic E-state index is 13.1. The van der Waals surface area contributed by atoms with E-state index in [4.69, 9.17) is 11.5 Å². The fourth-order valence-electron chi connectivity index (χ4n) is 3.31. The largest absolute Gasteiger partial charge is 0.480 e. The topological polar surface area (TPSA) is 222 Å². The standard InChI is InChI=1S/C22H37N7O6S/c1-12(2)8-14(23)19(31)27-15(4-5-18(24)30)20(32)28-16(6-7-36-3)21(33)29-17(22(34)35)9-13-10-25-11-26-13/h10-12,14-17H,4-9,23H2,1-3H3,(H2,24,30)(H,25,26)(H,27,31)(H,28,32)(H,29,33)(H,34,35). The van der Waals surface area contributed by atoms with Gasteiger partial charge in [0.25, 0.3) is 0 Å². The second kappa shape index (κ2) is 15.8. The predicted molar refractivity (Wildman–Crippen MR) is 135 cm³/mol. The van der Waals surface area contributed by atoms with Crippen molar-refractivity contribution in [2.75, 3.05) is 12.0 Å². The monoisotopic (exact) mass is 527 g/mol. The third-order valence-corrected chi connectivity index (χ3v) is 5.86. The summed E-state index contributed by atoms with van der Waals surface area (Å²) in [5, 5.41) is 17.1. The number of hydrogen-bond donors (Lipinski definition) is 7.